The summed E-state index contributed by atoms with van der Waals surface area (Å²) in [6.45, 7) is 0. The van der Waals surface area contributed by atoms with Crippen LogP contribution >= 0.6 is 34.3 Å². The Hall–Kier alpha value is -2.55. The summed E-state index contributed by atoms with van der Waals surface area (Å²) >= 11 is 8.75. The van der Waals surface area contributed by atoms with Crippen LogP contribution in [0.5, 0.6) is 0 Å². The molecule has 130 valence electrons. The predicted octanol–water partition coefficient (Wildman–Crippen LogP) is 4.76. The number of nitrogens with zero attached hydrogens (tertiary/aromatic N) is 3. The van der Waals surface area contributed by atoms with Crippen molar-refractivity contribution in [3.05, 3.63) is 52.5 Å². The van der Waals surface area contributed by atoms with Crippen LogP contribution in [0.3, 0.4) is 0 Å². The van der Waals surface area contributed by atoms with Crippen molar-refractivity contribution in [2.24, 2.45) is 0 Å². The zero-order chi connectivity index (χ0) is 18.1. The minimum Gasteiger partial charge on any atom is -0.357 e. The van der Waals surface area contributed by atoms with Crippen LogP contribution in [0.15, 0.2) is 42.6 Å². The number of halogens is 1. The van der Waals surface area contributed by atoms with Crippen molar-refractivity contribution in [3.8, 4) is 10.6 Å². The van der Waals surface area contributed by atoms with Gasteiger partial charge in [0, 0.05) is 18.3 Å². The van der Waals surface area contributed by atoms with Gasteiger partial charge in [-0.3, -0.25) is 10.1 Å². The van der Waals surface area contributed by atoms with Gasteiger partial charge in [-0.15, -0.1) is 11.3 Å². The highest BCUT2D eigenvalue weighted by Crippen LogP contribution is 2.30. The van der Waals surface area contributed by atoms with Crippen molar-refractivity contribution >= 4 is 61.5 Å². The third kappa shape index (κ3) is 3.39. The maximum atomic E-state index is 12.5. The average Bonchev–Trinajstić information content (AvgIpc) is 3.28. The number of thiophene rings is 1. The lowest BCUT2D eigenvalue weighted by molar-refractivity contribution is 0.103. The van der Waals surface area contributed by atoms with E-state index in [-0.39, 0.29) is 5.91 Å². The number of thiazole rings is 1. The molecule has 6 nitrogen and oxygen atoms in total. The van der Waals surface area contributed by atoms with E-state index in [0.717, 1.165) is 20.8 Å². The standard InChI is InChI=1S/C17H12ClN5OS2/c1-19-16-20-7-6-10(21-16)12-4-5-14(25-12)15(24)23-17-22-11-8-9(18)2-3-13(11)26-17/h2-8H,1H3,(H,19,20,21)(H,22,23,24). The molecule has 3 heterocycles. The molecule has 0 aliphatic carbocycles. The first-order chi connectivity index (χ1) is 12.6. The predicted molar refractivity (Wildman–Crippen MR) is 107 cm³/mol. The molecule has 0 aliphatic rings. The number of anilines is 2. The Morgan fingerprint density at radius 1 is 1.12 bits per heavy atom. The summed E-state index contributed by atoms with van der Waals surface area (Å²) in [4.78, 5) is 26.9. The van der Waals surface area contributed by atoms with Crippen molar-refractivity contribution < 1.29 is 4.79 Å². The molecule has 4 aromatic rings. The Bertz CT molecular complexity index is 1110. The number of benzene rings is 1. The van der Waals surface area contributed by atoms with Crippen LogP contribution in [0.1, 0.15) is 9.67 Å². The number of nitrogens with one attached hydrogen (secondary N) is 2. The van der Waals surface area contributed by atoms with Gasteiger partial charge in [0.05, 0.1) is 25.7 Å². The second-order valence-electron chi connectivity index (χ2n) is 5.26. The molecule has 4 rings (SSSR count). The summed E-state index contributed by atoms with van der Waals surface area (Å²) in [5.74, 6) is 0.337. The van der Waals surface area contributed by atoms with Crippen LogP contribution in [-0.2, 0) is 0 Å². The average molecular weight is 402 g/mol. The Morgan fingerprint density at radius 2 is 2.00 bits per heavy atom. The van der Waals surface area contributed by atoms with Gasteiger partial charge in [-0.1, -0.05) is 22.9 Å². The van der Waals surface area contributed by atoms with E-state index in [9.17, 15) is 4.79 Å². The Labute approximate surface area is 161 Å². The number of fused-ring (bicyclic) bond motifs is 1. The maximum Gasteiger partial charge on any atom is 0.267 e. The quantitative estimate of drug-likeness (QED) is 0.515. The number of rotatable bonds is 4. The van der Waals surface area contributed by atoms with Crippen molar-refractivity contribution in [2.75, 3.05) is 17.7 Å². The van der Waals surface area contributed by atoms with Crippen LogP contribution < -0.4 is 10.6 Å². The van der Waals surface area contributed by atoms with Crippen LogP contribution in [0.4, 0.5) is 11.1 Å². The van der Waals surface area contributed by atoms with Crippen molar-refractivity contribution in [2.45, 2.75) is 0 Å². The summed E-state index contributed by atoms with van der Waals surface area (Å²) in [7, 11) is 1.76. The third-order valence-electron chi connectivity index (χ3n) is 3.53. The summed E-state index contributed by atoms with van der Waals surface area (Å²) in [6.07, 6.45) is 1.68. The summed E-state index contributed by atoms with van der Waals surface area (Å²) < 4.78 is 0.970. The zero-order valence-electron chi connectivity index (χ0n) is 13.5. The second-order valence-corrected chi connectivity index (χ2v) is 7.82. The summed E-state index contributed by atoms with van der Waals surface area (Å²) in [6, 6.07) is 10.9. The highest BCUT2D eigenvalue weighted by Gasteiger charge is 2.14. The molecule has 1 amide bonds. The molecule has 2 N–H and O–H groups in total. The molecule has 0 unspecified atom stereocenters. The Morgan fingerprint density at radius 3 is 2.85 bits per heavy atom. The number of carbonyl (C=O) groups is 1. The fourth-order valence-corrected chi connectivity index (χ4v) is 4.21. The lowest BCUT2D eigenvalue weighted by Gasteiger charge is -2.00. The van der Waals surface area contributed by atoms with Crippen molar-refractivity contribution in [3.63, 3.8) is 0 Å². The molecule has 0 aliphatic heterocycles. The smallest absolute Gasteiger partial charge is 0.267 e. The number of carbonyl (C=O) groups excluding carboxylic acids is 1. The molecular formula is C17H12ClN5OS2. The molecule has 3 aromatic heterocycles. The van der Waals surface area contributed by atoms with E-state index in [2.05, 4.69) is 25.6 Å². The largest absolute Gasteiger partial charge is 0.357 e. The van der Waals surface area contributed by atoms with Gasteiger partial charge in [0.25, 0.3) is 5.91 Å². The normalized spacial score (nSPS) is 10.8. The topological polar surface area (TPSA) is 79.8 Å². The fourth-order valence-electron chi connectivity index (χ4n) is 2.33. The number of hydrogen-bond acceptors (Lipinski definition) is 7. The first kappa shape index (κ1) is 16.9. The van der Waals surface area contributed by atoms with E-state index in [1.807, 2.05) is 18.2 Å². The molecular weight excluding hydrogens is 390 g/mol. The molecule has 0 saturated heterocycles. The maximum absolute atomic E-state index is 12.5. The monoisotopic (exact) mass is 401 g/mol. The number of aromatic nitrogens is 3. The van der Waals surface area contributed by atoms with E-state index >= 15 is 0 Å². The van der Waals surface area contributed by atoms with Gasteiger partial charge in [-0.25, -0.2) is 15.0 Å². The first-order valence-electron chi connectivity index (χ1n) is 7.61. The number of amides is 1. The fraction of sp³-hybridized carbons (Fsp3) is 0.0588. The minimum atomic E-state index is -0.200. The molecule has 0 radical (unpaired) electrons. The van der Waals surface area contributed by atoms with E-state index in [1.54, 1.807) is 31.4 Å². The van der Waals surface area contributed by atoms with Gasteiger partial charge >= 0.3 is 0 Å². The van der Waals surface area contributed by atoms with Gasteiger partial charge in [-0.05, 0) is 36.4 Å². The molecule has 0 atom stereocenters. The zero-order valence-corrected chi connectivity index (χ0v) is 15.9. The SMILES string of the molecule is CNc1nccc(-c2ccc(C(=O)Nc3nc4cc(Cl)ccc4s3)s2)n1. The first-order valence-corrected chi connectivity index (χ1v) is 9.62. The Kier molecular flexibility index (Phi) is 4.54. The lowest BCUT2D eigenvalue weighted by atomic mass is 10.3. The number of hydrogen-bond donors (Lipinski definition) is 2. The van der Waals surface area contributed by atoms with Gasteiger partial charge in [0.2, 0.25) is 5.95 Å². The van der Waals surface area contributed by atoms with Gasteiger partial charge in [0.1, 0.15) is 0 Å². The van der Waals surface area contributed by atoms with E-state index in [1.165, 1.54) is 22.7 Å². The molecule has 0 bridgehead atoms. The highest BCUT2D eigenvalue weighted by atomic mass is 35.5. The Balaban J connectivity index is 1.55. The van der Waals surface area contributed by atoms with Crippen molar-refractivity contribution in [1.29, 1.82) is 0 Å². The van der Waals surface area contributed by atoms with Crippen LogP contribution in [0.25, 0.3) is 20.8 Å². The highest BCUT2D eigenvalue weighted by molar-refractivity contribution is 7.22. The van der Waals surface area contributed by atoms with Gasteiger partial charge in [-0.2, -0.15) is 0 Å². The minimum absolute atomic E-state index is 0.200. The van der Waals surface area contributed by atoms with Crippen LogP contribution in [0, 0.1) is 0 Å². The third-order valence-corrected chi connectivity index (χ3v) is 5.82. The lowest BCUT2D eigenvalue weighted by Crippen LogP contribution is -2.09. The second kappa shape index (κ2) is 6.99. The molecule has 1 aromatic carbocycles. The summed E-state index contributed by atoms with van der Waals surface area (Å²) in [5.41, 5.74) is 1.54. The molecule has 0 fully saturated rings. The van der Waals surface area contributed by atoms with Gasteiger partial charge < -0.3 is 5.32 Å². The summed E-state index contributed by atoms with van der Waals surface area (Å²) in [5, 5.41) is 6.91. The van der Waals surface area contributed by atoms with E-state index in [4.69, 9.17) is 11.6 Å². The van der Waals surface area contributed by atoms with E-state index < -0.39 is 0 Å². The van der Waals surface area contributed by atoms with Gasteiger partial charge in [0.15, 0.2) is 5.13 Å². The molecule has 0 spiro atoms. The molecule has 0 saturated carbocycles. The van der Waals surface area contributed by atoms with Crippen LogP contribution in [-0.4, -0.2) is 27.9 Å². The molecule has 26 heavy (non-hydrogen) atoms. The van der Waals surface area contributed by atoms with Crippen LogP contribution in [0.2, 0.25) is 5.02 Å². The van der Waals surface area contributed by atoms with Crippen molar-refractivity contribution in [1.82, 2.24) is 15.0 Å². The molecule has 9 heteroatoms. The van der Waals surface area contributed by atoms with E-state index in [0.29, 0.717) is 21.0 Å².